The second-order valence-corrected chi connectivity index (χ2v) is 6.73. The van der Waals surface area contributed by atoms with Crippen LogP contribution in [0.5, 0.6) is 0 Å². The molecule has 2 amide bonds. The highest BCUT2D eigenvalue weighted by Crippen LogP contribution is 2.40. The summed E-state index contributed by atoms with van der Waals surface area (Å²) in [6.45, 7) is 1.76. The van der Waals surface area contributed by atoms with E-state index in [9.17, 15) is 9.59 Å². The van der Waals surface area contributed by atoms with Gasteiger partial charge in [-0.3, -0.25) is 14.7 Å². The van der Waals surface area contributed by atoms with Crippen LogP contribution in [0.15, 0.2) is 23.2 Å². The second-order valence-electron chi connectivity index (χ2n) is 6.73. The summed E-state index contributed by atoms with van der Waals surface area (Å²) in [4.78, 5) is 29.2. The predicted molar refractivity (Wildman–Crippen MR) is 90.1 cm³/mol. The molecule has 0 bridgehead atoms. The lowest BCUT2D eigenvalue weighted by Gasteiger charge is -2.32. The van der Waals surface area contributed by atoms with Crippen molar-refractivity contribution in [3.63, 3.8) is 0 Å². The number of nitrogens with one attached hydrogen (secondary N) is 2. The van der Waals surface area contributed by atoms with Gasteiger partial charge in [0.2, 0.25) is 5.91 Å². The molecule has 2 aliphatic heterocycles. The summed E-state index contributed by atoms with van der Waals surface area (Å²) >= 11 is 0. The van der Waals surface area contributed by atoms with E-state index < -0.39 is 5.92 Å². The number of dihydropyridines is 1. The number of piperidine rings is 1. The predicted octanol–water partition coefficient (Wildman–Crippen LogP) is 1.16. The second kappa shape index (κ2) is 6.22. The molecule has 4 rings (SSSR count). The Morgan fingerprint density at radius 2 is 2.04 bits per heavy atom. The maximum absolute atomic E-state index is 12.2. The monoisotopic (exact) mass is 327 g/mol. The molecular weight excluding hydrogens is 306 g/mol. The van der Waals surface area contributed by atoms with Crippen LogP contribution in [0.4, 0.5) is 5.82 Å². The van der Waals surface area contributed by atoms with Gasteiger partial charge in [0.1, 0.15) is 0 Å². The third-order valence-corrected chi connectivity index (χ3v) is 4.88. The van der Waals surface area contributed by atoms with E-state index in [0.717, 1.165) is 31.7 Å². The van der Waals surface area contributed by atoms with Crippen molar-refractivity contribution in [1.82, 2.24) is 15.5 Å². The maximum atomic E-state index is 12.2. The zero-order valence-electron chi connectivity index (χ0n) is 13.4. The van der Waals surface area contributed by atoms with Gasteiger partial charge >= 0.3 is 0 Å². The number of carbonyl (C=O) groups excluding carboxylic acids is 2. The van der Waals surface area contributed by atoms with Crippen LogP contribution in [0.1, 0.15) is 37.3 Å². The highest BCUT2D eigenvalue weighted by molar-refractivity contribution is 6.05. The molecule has 0 radical (unpaired) electrons. The molecular formula is C17H21N5O2. The summed E-state index contributed by atoms with van der Waals surface area (Å²) in [5.74, 6) is 0.865. The smallest absolute Gasteiger partial charge is 0.269 e. The number of H-pyrrole nitrogens is 1. The van der Waals surface area contributed by atoms with Crippen molar-refractivity contribution in [3.05, 3.63) is 23.9 Å². The third kappa shape index (κ3) is 3.25. The Balaban J connectivity index is 1.28. The summed E-state index contributed by atoms with van der Waals surface area (Å²) in [5.41, 5.74) is 1.25. The molecule has 126 valence electrons. The molecule has 1 aromatic rings. The molecule has 1 saturated heterocycles. The van der Waals surface area contributed by atoms with Crippen LogP contribution in [-0.4, -0.2) is 47.4 Å². The topological polar surface area (TPSA) is 90.5 Å². The average molecular weight is 327 g/mol. The van der Waals surface area contributed by atoms with Gasteiger partial charge in [0.25, 0.3) is 5.91 Å². The molecule has 1 atom stereocenters. The van der Waals surface area contributed by atoms with E-state index in [1.54, 1.807) is 6.08 Å². The number of rotatable bonds is 4. The van der Waals surface area contributed by atoms with Gasteiger partial charge in [0.05, 0.1) is 5.92 Å². The minimum atomic E-state index is -0.437. The van der Waals surface area contributed by atoms with Crippen molar-refractivity contribution in [3.8, 4) is 0 Å². The van der Waals surface area contributed by atoms with Crippen LogP contribution in [0.2, 0.25) is 0 Å². The number of anilines is 1. The van der Waals surface area contributed by atoms with Crippen LogP contribution in [-0.2, 0) is 9.59 Å². The number of amides is 2. The van der Waals surface area contributed by atoms with Gasteiger partial charge < -0.3 is 10.2 Å². The van der Waals surface area contributed by atoms with Gasteiger partial charge in [-0.2, -0.15) is 5.10 Å². The lowest BCUT2D eigenvalue weighted by atomic mass is 10.0. The van der Waals surface area contributed by atoms with E-state index in [2.05, 4.69) is 31.5 Å². The fraction of sp³-hybridized carbons (Fsp3) is 0.529. The van der Waals surface area contributed by atoms with Crippen LogP contribution in [0, 0.1) is 5.92 Å². The molecule has 0 aromatic carbocycles. The van der Waals surface area contributed by atoms with Crippen molar-refractivity contribution in [2.75, 3.05) is 18.0 Å². The third-order valence-electron chi connectivity index (χ3n) is 4.88. The van der Waals surface area contributed by atoms with Crippen molar-refractivity contribution >= 4 is 23.8 Å². The van der Waals surface area contributed by atoms with Gasteiger partial charge in [-0.05, 0) is 25.7 Å². The summed E-state index contributed by atoms with van der Waals surface area (Å²) < 4.78 is 0. The molecule has 24 heavy (non-hydrogen) atoms. The highest BCUT2D eigenvalue weighted by Gasteiger charge is 2.28. The first-order chi connectivity index (χ1) is 11.7. The quantitative estimate of drug-likeness (QED) is 0.868. The van der Waals surface area contributed by atoms with E-state index >= 15 is 0 Å². The minimum Gasteiger partial charge on any atom is -0.355 e. The molecule has 1 aliphatic carbocycles. The first kappa shape index (κ1) is 15.1. The number of hydrogen-bond donors (Lipinski definition) is 2. The number of aromatic amines is 1. The molecule has 7 nitrogen and oxygen atoms in total. The number of hydrogen-bond acceptors (Lipinski definition) is 4. The van der Waals surface area contributed by atoms with Gasteiger partial charge in [-0.25, -0.2) is 4.99 Å². The summed E-state index contributed by atoms with van der Waals surface area (Å²) in [7, 11) is 0. The molecule has 0 spiro atoms. The highest BCUT2D eigenvalue weighted by atomic mass is 16.2. The van der Waals surface area contributed by atoms with E-state index in [-0.39, 0.29) is 17.9 Å². The Morgan fingerprint density at radius 1 is 1.25 bits per heavy atom. The molecule has 1 unspecified atom stereocenters. The van der Waals surface area contributed by atoms with Gasteiger partial charge in [-0.1, -0.05) is 6.08 Å². The number of aliphatic imine (C=N–C) groups is 1. The van der Waals surface area contributed by atoms with Gasteiger partial charge in [-0.15, -0.1) is 0 Å². The Labute approximate surface area is 140 Å². The molecule has 2 fully saturated rings. The van der Waals surface area contributed by atoms with Gasteiger partial charge in [0, 0.05) is 49.1 Å². The Kier molecular flexibility index (Phi) is 3.92. The summed E-state index contributed by atoms with van der Waals surface area (Å²) in [6.07, 6.45) is 8.68. The van der Waals surface area contributed by atoms with Crippen molar-refractivity contribution in [1.29, 1.82) is 0 Å². The van der Waals surface area contributed by atoms with Crippen LogP contribution in [0.3, 0.4) is 0 Å². The first-order valence-electron chi connectivity index (χ1n) is 8.56. The van der Waals surface area contributed by atoms with Crippen molar-refractivity contribution in [2.24, 2.45) is 10.9 Å². The van der Waals surface area contributed by atoms with E-state index in [0.29, 0.717) is 5.92 Å². The summed E-state index contributed by atoms with van der Waals surface area (Å²) in [6, 6.07) is 2.33. The molecule has 3 heterocycles. The van der Waals surface area contributed by atoms with E-state index in [1.165, 1.54) is 30.8 Å². The van der Waals surface area contributed by atoms with Crippen LogP contribution >= 0.6 is 0 Å². The fourth-order valence-electron chi connectivity index (χ4n) is 3.23. The van der Waals surface area contributed by atoms with E-state index in [1.807, 2.05) is 0 Å². The minimum absolute atomic E-state index is 0.0864. The van der Waals surface area contributed by atoms with Crippen LogP contribution in [0.25, 0.3) is 0 Å². The van der Waals surface area contributed by atoms with Crippen molar-refractivity contribution in [2.45, 2.75) is 37.6 Å². The number of nitrogens with zero attached hydrogens (tertiary/aromatic N) is 3. The Morgan fingerprint density at radius 3 is 2.71 bits per heavy atom. The zero-order chi connectivity index (χ0) is 16.5. The summed E-state index contributed by atoms with van der Waals surface area (Å²) in [5, 5.41) is 10.6. The van der Waals surface area contributed by atoms with Crippen LogP contribution < -0.4 is 10.2 Å². The maximum Gasteiger partial charge on any atom is 0.269 e. The van der Waals surface area contributed by atoms with Crippen molar-refractivity contribution < 1.29 is 9.59 Å². The lowest BCUT2D eigenvalue weighted by molar-refractivity contribution is -0.122. The molecule has 7 heteroatoms. The SMILES string of the molecule is O=C1C=CC(C(=O)NC2CCN(c3cc(C4CC4)[nH]n3)CC2)C=N1. The largest absolute Gasteiger partial charge is 0.355 e. The average Bonchev–Trinajstić information content (AvgIpc) is 3.33. The fourth-order valence-corrected chi connectivity index (χ4v) is 3.23. The number of aromatic nitrogens is 2. The molecule has 3 aliphatic rings. The number of carbonyl (C=O) groups is 2. The van der Waals surface area contributed by atoms with E-state index in [4.69, 9.17) is 0 Å². The first-order valence-corrected chi connectivity index (χ1v) is 8.56. The Hall–Kier alpha value is -2.44. The standard InChI is InChI=1S/C17H21N5O2/c23-16-4-3-12(10-18-16)17(24)19-13-5-7-22(8-6-13)15-9-14(20-21-15)11-1-2-11/h3-4,9-13H,1-2,5-8H2,(H,19,24)(H,20,21). The molecule has 2 N–H and O–H groups in total. The molecule has 1 aromatic heterocycles. The normalized spacial score (nSPS) is 24.4. The molecule has 1 saturated carbocycles. The lowest BCUT2D eigenvalue weighted by Crippen LogP contribution is -2.46. The Bertz CT molecular complexity index is 680. The zero-order valence-corrected chi connectivity index (χ0v) is 13.4. The van der Waals surface area contributed by atoms with Gasteiger partial charge in [0.15, 0.2) is 5.82 Å².